The standard InChI is InChI=1S/C19H25N3O3/c1-20-19(25)15-9-5-6-10-16(15)21-18(24)13-11-17(23)22(12-13)14-7-3-2-4-8-14/h5-6,9-10,13-14H,2-4,7-8,11-12H2,1H3,(H,20,25)(H,21,24). The van der Waals surface area contributed by atoms with Gasteiger partial charge < -0.3 is 15.5 Å². The number of carbonyl (C=O) groups excluding carboxylic acids is 3. The third kappa shape index (κ3) is 3.83. The van der Waals surface area contributed by atoms with Crippen molar-refractivity contribution in [3.63, 3.8) is 0 Å². The molecule has 1 saturated heterocycles. The Kier molecular flexibility index (Phi) is 5.36. The average Bonchev–Trinajstić information content (AvgIpc) is 3.04. The quantitative estimate of drug-likeness (QED) is 0.879. The number of likely N-dealkylation sites (tertiary alicyclic amines) is 1. The van der Waals surface area contributed by atoms with Gasteiger partial charge in [-0.25, -0.2) is 0 Å². The first-order chi connectivity index (χ1) is 12.1. The molecular formula is C19H25N3O3. The summed E-state index contributed by atoms with van der Waals surface area (Å²) in [5.74, 6) is -0.718. The van der Waals surface area contributed by atoms with Crippen LogP contribution in [0.4, 0.5) is 5.69 Å². The summed E-state index contributed by atoms with van der Waals surface area (Å²) < 4.78 is 0. The molecule has 3 amide bonds. The van der Waals surface area contributed by atoms with Gasteiger partial charge in [-0.1, -0.05) is 31.4 Å². The highest BCUT2D eigenvalue weighted by Crippen LogP contribution is 2.29. The van der Waals surface area contributed by atoms with E-state index in [9.17, 15) is 14.4 Å². The fourth-order valence-electron chi connectivity index (χ4n) is 3.81. The summed E-state index contributed by atoms with van der Waals surface area (Å²) in [7, 11) is 1.55. The van der Waals surface area contributed by atoms with Crippen LogP contribution in [0.1, 0.15) is 48.9 Å². The summed E-state index contributed by atoms with van der Waals surface area (Å²) in [4.78, 5) is 38.8. The zero-order valence-electron chi connectivity index (χ0n) is 14.6. The van der Waals surface area contributed by atoms with Crippen molar-refractivity contribution in [2.75, 3.05) is 18.9 Å². The molecule has 2 N–H and O–H groups in total. The van der Waals surface area contributed by atoms with E-state index in [1.54, 1.807) is 31.3 Å². The molecule has 25 heavy (non-hydrogen) atoms. The first-order valence-corrected chi connectivity index (χ1v) is 9.01. The Bertz CT molecular complexity index is 668. The third-order valence-corrected chi connectivity index (χ3v) is 5.20. The number of anilines is 1. The minimum atomic E-state index is -0.354. The van der Waals surface area contributed by atoms with E-state index < -0.39 is 0 Å². The maximum atomic E-state index is 12.6. The summed E-state index contributed by atoms with van der Waals surface area (Å²) >= 11 is 0. The molecule has 3 rings (SSSR count). The fourth-order valence-corrected chi connectivity index (χ4v) is 3.81. The topological polar surface area (TPSA) is 78.5 Å². The molecule has 0 radical (unpaired) electrons. The lowest BCUT2D eigenvalue weighted by Gasteiger charge is -2.31. The lowest BCUT2D eigenvalue weighted by atomic mass is 9.94. The zero-order chi connectivity index (χ0) is 17.8. The zero-order valence-corrected chi connectivity index (χ0v) is 14.6. The molecule has 1 atom stereocenters. The molecule has 0 aromatic heterocycles. The average molecular weight is 343 g/mol. The van der Waals surface area contributed by atoms with Crippen molar-refractivity contribution < 1.29 is 14.4 Å². The van der Waals surface area contributed by atoms with Crippen molar-refractivity contribution >= 4 is 23.4 Å². The van der Waals surface area contributed by atoms with Crippen LogP contribution in [0.25, 0.3) is 0 Å². The van der Waals surface area contributed by atoms with Crippen LogP contribution in [-0.2, 0) is 9.59 Å². The Hall–Kier alpha value is -2.37. The SMILES string of the molecule is CNC(=O)c1ccccc1NC(=O)C1CC(=O)N(C2CCCCC2)C1. The lowest BCUT2D eigenvalue weighted by Crippen LogP contribution is -2.38. The van der Waals surface area contributed by atoms with Gasteiger partial charge in [-0.2, -0.15) is 0 Å². The van der Waals surface area contributed by atoms with E-state index in [1.807, 2.05) is 4.90 Å². The van der Waals surface area contributed by atoms with Gasteiger partial charge in [0, 0.05) is 26.1 Å². The summed E-state index contributed by atoms with van der Waals surface area (Å²) in [6, 6.07) is 7.19. The summed E-state index contributed by atoms with van der Waals surface area (Å²) in [6.07, 6.45) is 5.89. The summed E-state index contributed by atoms with van der Waals surface area (Å²) in [5, 5.41) is 5.40. The van der Waals surface area contributed by atoms with Gasteiger partial charge in [0.05, 0.1) is 17.2 Å². The van der Waals surface area contributed by atoms with Gasteiger partial charge in [0.15, 0.2) is 0 Å². The van der Waals surface area contributed by atoms with E-state index in [-0.39, 0.29) is 36.1 Å². The minimum absolute atomic E-state index is 0.0756. The first-order valence-electron chi connectivity index (χ1n) is 9.01. The highest BCUT2D eigenvalue weighted by atomic mass is 16.2. The predicted octanol–water partition coefficient (Wildman–Crippen LogP) is 2.17. The number of hydrogen-bond donors (Lipinski definition) is 2. The van der Waals surface area contributed by atoms with Crippen molar-refractivity contribution in [1.82, 2.24) is 10.2 Å². The summed E-state index contributed by atoms with van der Waals surface area (Å²) in [6.45, 7) is 0.484. The van der Waals surface area contributed by atoms with E-state index in [0.717, 1.165) is 25.7 Å². The van der Waals surface area contributed by atoms with E-state index in [0.29, 0.717) is 17.8 Å². The molecule has 0 spiro atoms. The Morgan fingerprint density at radius 3 is 2.56 bits per heavy atom. The molecule has 1 aliphatic heterocycles. The van der Waals surface area contributed by atoms with Crippen LogP contribution in [0, 0.1) is 5.92 Å². The van der Waals surface area contributed by atoms with E-state index in [2.05, 4.69) is 10.6 Å². The molecule has 134 valence electrons. The van der Waals surface area contributed by atoms with Gasteiger partial charge in [-0.3, -0.25) is 14.4 Å². The monoisotopic (exact) mass is 343 g/mol. The van der Waals surface area contributed by atoms with Crippen LogP contribution >= 0.6 is 0 Å². The second kappa shape index (κ2) is 7.68. The number of para-hydroxylation sites is 1. The van der Waals surface area contributed by atoms with Gasteiger partial charge >= 0.3 is 0 Å². The molecule has 1 aromatic rings. The number of carbonyl (C=O) groups is 3. The highest BCUT2D eigenvalue weighted by Gasteiger charge is 2.38. The Labute approximate surface area is 148 Å². The molecule has 0 bridgehead atoms. The Morgan fingerprint density at radius 1 is 1.12 bits per heavy atom. The fraction of sp³-hybridized carbons (Fsp3) is 0.526. The molecule has 2 aliphatic rings. The molecule has 2 fully saturated rings. The van der Waals surface area contributed by atoms with Crippen LogP contribution in [0.5, 0.6) is 0 Å². The molecular weight excluding hydrogens is 318 g/mol. The number of nitrogens with zero attached hydrogens (tertiary/aromatic N) is 1. The summed E-state index contributed by atoms with van der Waals surface area (Å²) in [5.41, 5.74) is 0.905. The minimum Gasteiger partial charge on any atom is -0.355 e. The van der Waals surface area contributed by atoms with Crippen molar-refractivity contribution in [3.8, 4) is 0 Å². The van der Waals surface area contributed by atoms with Crippen LogP contribution < -0.4 is 10.6 Å². The second-order valence-corrected chi connectivity index (χ2v) is 6.85. The Balaban J connectivity index is 1.66. The number of rotatable bonds is 4. The second-order valence-electron chi connectivity index (χ2n) is 6.85. The maximum Gasteiger partial charge on any atom is 0.253 e. The van der Waals surface area contributed by atoms with Crippen molar-refractivity contribution in [2.45, 2.75) is 44.6 Å². The van der Waals surface area contributed by atoms with E-state index >= 15 is 0 Å². The van der Waals surface area contributed by atoms with Gasteiger partial charge in [-0.05, 0) is 25.0 Å². The molecule has 1 aliphatic carbocycles. The molecule has 6 nitrogen and oxygen atoms in total. The first kappa shape index (κ1) is 17.5. The van der Waals surface area contributed by atoms with Gasteiger partial charge in [0.1, 0.15) is 0 Å². The molecule has 1 unspecified atom stereocenters. The number of hydrogen-bond acceptors (Lipinski definition) is 3. The lowest BCUT2D eigenvalue weighted by molar-refractivity contribution is -0.130. The van der Waals surface area contributed by atoms with Crippen LogP contribution in [-0.4, -0.2) is 42.3 Å². The van der Waals surface area contributed by atoms with Gasteiger partial charge in [0.25, 0.3) is 5.91 Å². The van der Waals surface area contributed by atoms with Gasteiger partial charge in [0.2, 0.25) is 11.8 Å². The van der Waals surface area contributed by atoms with Crippen LogP contribution in [0.3, 0.4) is 0 Å². The maximum absolute atomic E-state index is 12.6. The number of amides is 3. The molecule has 1 heterocycles. The van der Waals surface area contributed by atoms with Gasteiger partial charge in [-0.15, -0.1) is 0 Å². The van der Waals surface area contributed by atoms with Crippen molar-refractivity contribution in [2.24, 2.45) is 5.92 Å². The molecule has 1 saturated carbocycles. The van der Waals surface area contributed by atoms with E-state index in [1.165, 1.54) is 6.42 Å². The molecule has 1 aromatic carbocycles. The Morgan fingerprint density at radius 2 is 1.84 bits per heavy atom. The number of nitrogens with one attached hydrogen (secondary N) is 2. The van der Waals surface area contributed by atoms with Crippen LogP contribution in [0.2, 0.25) is 0 Å². The smallest absolute Gasteiger partial charge is 0.253 e. The van der Waals surface area contributed by atoms with Crippen molar-refractivity contribution in [3.05, 3.63) is 29.8 Å². The largest absolute Gasteiger partial charge is 0.355 e. The highest BCUT2D eigenvalue weighted by molar-refractivity contribution is 6.05. The number of benzene rings is 1. The molecule has 6 heteroatoms. The van der Waals surface area contributed by atoms with Crippen molar-refractivity contribution in [1.29, 1.82) is 0 Å². The normalized spacial score (nSPS) is 21.2. The predicted molar refractivity (Wildman–Crippen MR) is 95.2 cm³/mol. The van der Waals surface area contributed by atoms with E-state index in [4.69, 9.17) is 0 Å². The third-order valence-electron chi connectivity index (χ3n) is 5.20. The van der Waals surface area contributed by atoms with Crippen LogP contribution in [0.15, 0.2) is 24.3 Å².